The molecule has 0 bridgehead atoms. The molecule has 0 saturated heterocycles. The fourth-order valence-corrected chi connectivity index (χ4v) is 8.33. The zero-order valence-electron chi connectivity index (χ0n) is 32.0. The molecule has 2 heteroatoms. The molecule has 0 aliphatic heterocycles. The lowest BCUT2D eigenvalue weighted by molar-refractivity contribution is 1.30. The van der Waals surface area contributed by atoms with Gasteiger partial charge in [-0.1, -0.05) is 182 Å². The lowest BCUT2D eigenvalue weighted by Crippen LogP contribution is -2.10. The molecule has 10 aromatic rings. The fourth-order valence-electron chi connectivity index (χ4n) is 8.33. The van der Waals surface area contributed by atoms with Crippen LogP contribution < -0.4 is 9.80 Å². The molecule has 58 heavy (non-hydrogen) atoms. The van der Waals surface area contributed by atoms with E-state index >= 15 is 0 Å². The number of para-hydroxylation sites is 2. The Balaban J connectivity index is 1.02. The van der Waals surface area contributed by atoms with Gasteiger partial charge in [0.1, 0.15) is 0 Å². The van der Waals surface area contributed by atoms with Crippen LogP contribution in [0.4, 0.5) is 34.1 Å². The van der Waals surface area contributed by atoms with Crippen molar-refractivity contribution in [2.24, 2.45) is 0 Å². The monoisotopic (exact) mass is 740 g/mol. The van der Waals surface area contributed by atoms with E-state index in [1.54, 1.807) is 0 Å². The normalized spacial score (nSPS) is 11.1. The summed E-state index contributed by atoms with van der Waals surface area (Å²) in [5.74, 6) is 0. The molecule has 0 radical (unpaired) electrons. The predicted octanol–water partition coefficient (Wildman–Crippen LogP) is 15.9. The number of rotatable bonds is 9. The van der Waals surface area contributed by atoms with Gasteiger partial charge in [0.25, 0.3) is 0 Å². The molecule has 0 atom stereocenters. The van der Waals surface area contributed by atoms with E-state index in [2.05, 4.69) is 252 Å². The zero-order valence-corrected chi connectivity index (χ0v) is 32.0. The summed E-state index contributed by atoms with van der Waals surface area (Å²) in [4.78, 5) is 4.71. The Bertz CT molecular complexity index is 2770. The van der Waals surface area contributed by atoms with Crippen molar-refractivity contribution in [2.45, 2.75) is 0 Å². The third-order valence-electron chi connectivity index (χ3n) is 11.1. The van der Waals surface area contributed by atoms with Gasteiger partial charge in [-0.3, -0.25) is 0 Å². The van der Waals surface area contributed by atoms with Crippen molar-refractivity contribution in [2.75, 3.05) is 9.80 Å². The highest BCUT2D eigenvalue weighted by molar-refractivity contribution is 6.01. The van der Waals surface area contributed by atoms with Gasteiger partial charge in [-0.15, -0.1) is 0 Å². The summed E-state index contributed by atoms with van der Waals surface area (Å²) >= 11 is 0. The molecule has 0 heterocycles. The van der Waals surface area contributed by atoms with Gasteiger partial charge in [-0.2, -0.15) is 0 Å². The summed E-state index contributed by atoms with van der Waals surface area (Å²) in [6, 6.07) is 87.2. The number of nitrogens with zero attached hydrogens (tertiary/aromatic N) is 2. The van der Waals surface area contributed by atoms with Crippen LogP contribution in [0.1, 0.15) is 0 Å². The number of hydrogen-bond acceptors (Lipinski definition) is 2. The first kappa shape index (κ1) is 34.8. The number of anilines is 6. The molecule has 0 aliphatic rings. The molecule has 2 nitrogen and oxygen atoms in total. The van der Waals surface area contributed by atoms with Gasteiger partial charge in [0, 0.05) is 33.5 Å². The minimum absolute atomic E-state index is 1.11. The quantitative estimate of drug-likeness (QED) is 0.145. The van der Waals surface area contributed by atoms with Crippen molar-refractivity contribution < 1.29 is 0 Å². The summed E-state index contributed by atoms with van der Waals surface area (Å²) in [5, 5.41) is 4.87. The maximum Gasteiger partial charge on any atom is 0.0540 e. The molecule has 0 saturated carbocycles. The molecular formula is C56H40N2. The standard InChI is InChI=1S/C56H40N2/c1-3-21-45(22-4-1)57(55-31-15-19-41-17-7-9-27-51(41)55)47-37-33-43(34-38-47)49-25-11-13-29-53(49)54-30-14-12-26-50(54)44-35-39-48(40-36-44)58(46-23-5-2-6-24-46)56-32-16-20-42-18-8-10-28-52(42)56/h1-40H. The van der Waals surface area contributed by atoms with Gasteiger partial charge in [0.05, 0.1) is 11.4 Å². The Labute approximate surface area is 340 Å². The molecule has 0 spiro atoms. The van der Waals surface area contributed by atoms with Gasteiger partial charge in [0.2, 0.25) is 0 Å². The highest BCUT2D eigenvalue weighted by atomic mass is 15.1. The third kappa shape index (κ3) is 6.57. The maximum absolute atomic E-state index is 2.36. The van der Waals surface area contributed by atoms with E-state index in [1.165, 1.54) is 54.9 Å². The van der Waals surface area contributed by atoms with Crippen molar-refractivity contribution in [3.8, 4) is 33.4 Å². The smallest absolute Gasteiger partial charge is 0.0540 e. The van der Waals surface area contributed by atoms with E-state index in [9.17, 15) is 0 Å². The summed E-state index contributed by atoms with van der Waals surface area (Å²) in [6.07, 6.45) is 0. The summed E-state index contributed by atoms with van der Waals surface area (Å²) in [5.41, 5.74) is 13.9. The van der Waals surface area contributed by atoms with Gasteiger partial charge in [-0.25, -0.2) is 0 Å². The second-order valence-corrected chi connectivity index (χ2v) is 14.5. The highest BCUT2D eigenvalue weighted by Crippen LogP contribution is 2.43. The largest absolute Gasteiger partial charge is 0.310 e. The Morgan fingerprint density at radius 1 is 0.207 bits per heavy atom. The van der Waals surface area contributed by atoms with Crippen LogP contribution in [0.25, 0.3) is 54.9 Å². The van der Waals surface area contributed by atoms with Crippen LogP contribution >= 0.6 is 0 Å². The highest BCUT2D eigenvalue weighted by Gasteiger charge is 2.18. The lowest BCUT2D eigenvalue weighted by atomic mass is 9.89. The predicted molar refractivity (Wildman–Crippen MR) is 247 cm³/mol. The zero-order chi connectivity index (χ0) is 38.7. The number of fused-ring (bicyclic) bond motifs is 2. The van der Waals surface area contributed by atoms with Crippen molar-refractivity contribution in [1.82, 2.24) is 0 Å². The van der Waals surface area contributed by atoms with Crippen LogP contribution in [0.5, 0.6) is 0 Å². The second-order valence-electron chi connectivity index (χ2n) is 14.5. The van der Waals surface area contributed by atoms with Crippen LogP contribution in [0.3, 0.4) is 0 Å². The first-order chi connectivity index (χ1) is 28.8. The van der Waals surface area contributed by atoms with Crippen LogP contribution in [0, 0.1) is 0 Å². The van der Waals surface area contributed by atoms with Crippen LogP contribution in [0.15, 0.2) is 243 Å². The Hall–Kier alpha value is -7.68. The molecule has 0 aromatic heterocycles. The van der Waals surface area contributed by atoms with E-state index in [1.807, 2.05) is 0 Å². The van der Waals surface area contributed by atoms with Gasteiger partial charge < -0.3 is 9.80 Å². The second kappa shape index (κ2) is 15.5. The van der Waals surface area contributed by atoms with Crippen molar-refractivity contribution in [3.63, 3.8) is 0 Å². The fraction of sp³-hybridized carbons (Fsp3) is 0. The average Bonchev–Trinajstić information content (AvgIpc) is 3.31. The van der Waals surface area contributed by atoms with E-state index in [4.69, 9.17) is 0 Å². The number of hydrogen-bond donors (Lipinski definition) is 0. The minimum Gasteiger partial charge on any atom is -0.310 e. The first-order valence-electron chi connectivity index (χ1n) is 19.9. The summed E-state index contributed by atoms with van der Waals surface area (Å²) < 4.78 is 0. The van der Waals surface area contributed by atoms with Crippen LogP contribution in [-0.2, 0) is 0 Å². The molecule has 10 aromatic carbocycles. The average molecular weight is 741 g/mol. The lowest BCUT2D eigenvalue weighted by Gasteiger charge is -2.27. The molecule has 0 N–H and O–H groups in total. The summed E-state index contributed by atoms with van der Waals surface area (Å²) in [6.45, 7) is 0. The van der Waals surface area contributed by atoms with Gasteiger partial charge >= 0.3 is 0 Å². The Morgan fingerprint density at radius 3 is 0.931 bits per heavy atom. The topological polar surface area (TPSA) is 6.48 Å². The molecule has 0 aliphatic carbocycles. The SMILES string of the molecule is c1ccc(N(c2ccc(-c3ccccc3-c3ccccc3-c3ccc(N(c4ccccc4)c4cccc5ccccc45)cc3)cc2)c2cccc3ccccc23)cc1. The third-order valence-corrected chi connectivity index (χ3v) is 11.1. The van der Waals surface area contributed by atoms with Crippen molar-refractivity contribution in [1.29, 1.82) is 0 Å². The van der Waals surface area contributed by atoms with Gasteiger partial charge in [0.15, 0.2) is 0 Å². The molecule has 274 valence electrons. The van der Waals surface area contributed by atoms with Gasteiger partial charge in [-0.05, 0) is 105 Å². The van der Waals surface area contributed by atoms with Crippen LogP contribution in [0.2, 0.25) is 0 Å². The Morgan fingerprint density at radius 2 is 0.517 bits per heavy atom. The van der Waals surface area contributed by atoms with E-state index in [-0.39, 0.29) is 0 Å². The maximum atomic E-state index is 2.36. The molecule has 0 unspecified atom stereocenters. The number of benzene rings is 10. The van der Waals surface area contributed by atoms with E-state index in [0.717, 1.165) is 34.1 Å². The van der Waals surface area contributed by atoms with Crippen LogP contribution in [-0.4, -0.2) is 0 Å². The van der Waals surface area contributed by atoms with Crippen molar-refractivity contribution in [3.05, 3.63) is 243 Å². The minimum atomic E-state index is 1.11. The first-order valence-corrected chi connectivity index (χ1v) is 19.9. The molecular weight excluding hydrogens is 701 g/mol. The van der Waals surface area contributed by atoms with E-state index < -0.39 is 0 Å². The molecule has 0 fully saturated rings. The summed E-state index contributed by atoms with van der Waals surface area (Å²) in [7, 11) is 0. The van der Waals surface area contributed by atoms with Crippen molar-refractivity contribution >= 4 is 55.7 Å². The molecule has 0 amide bonds. The van der Waals surface area contributed by atoms with E-state index in [0.29, 0.717) is 0 Å². The Kier molecular flexibility index (Phi) is 9.27. The molecule has 10 rings (SSSR count).